The zero-order valence-electron chi connectivity index (χ0n) is 20.6. The Morgan fingerprint density at radius 3 is 2.80 bits per heavy atom. The Morgan fingerprint density at radius 1 is 1.17 bits per heavy atom. The van der Waals surface area contributed by atoms with Gasteiger partial charge in [-0.05, 0) is 86.9 Å². The van der Waals surface area contributed by atoms with Gasteiger partial charge in [-0.3, -0.25) is 5.10 Å². The number of likely N-dealkylation sites (N-methyl/N-ethyl adjacent to an activating group) is 1. The number of halogens is 1. The molecule has 2 bridgehead atoms. The molecule has 7 heteroatoms. The van der Waals surface area contributed by atoms with E-state index in [1.807, 2.05) is 25.2 Å². The Morgan fingerprint density at radius 2 is 2.00 bits per heavy atom. The van der Waals surface area contributed by atoms with Gasteiger partial charge in [0, 0.05) is 17.3 Å². The Hall–Kier alpha value is -1.70. The van der Waals surface area contributed by atoms with Crippen LogP contribution in [0.5, 0.6) is 0 Å². The molecule has 0 radical (unpaired) electrons. The van der Waals surface area contributed by atoms with Crippen molar-refractivity contribution in [1.82, 2.24) is 15.1 Å². The molecule has 186 valence electrons. The standard InChI is InChI=1S/C28H34ClN3O3/c1-25-8-10-27(29)13-19-23(33)24(34)21(32(2)3)14-26(19)9-11-28(27,35-26)22(25)7-5-18(25)16-4-6-20-17(12-16)15-30-31-20/h4-6,12-13,15,21-24,33-34H,7-11,14H2,1-3H3,(H,30,31)/t21-,22?,23+,24+,25+,26+,27?,28-/m0/s1. The van der Waals surface area contributed by atoms with Gasteiger partial charge in [-0.2, -0.15) is 5.10 Å². The van der Waals surface area contributed by atoms with Gasteiger partial charge in [-0.25, -0.2) is 0 Å². The molecular weight excluding hydrogens is 462 g/mol. The Kier molecular flexibility index (Phi) is 4.49. The second-order valence-electron chi connectivity index (χ2n) is 12.1. The number of fused-ring (bicyclic) bond motifs is 2. The van der Waals surface area contributed by atoms with E-state index >= 15 is 0 Å². The number of nitrogens with zero attached hydrogens (tertiary/aromatic N) is 2. The van der Waals surface area contributed by atoms with Crippen LogP contribution in [0.15, 0.2) is 42.1 Å². The first-order valence-electron chi connectivity index (χ1n) is 12.9. The van der Waals surface area contributed by atoms with Crippen LogP contribution in [0.2, 0.25) is 0 Å². The fraction of sp³-hybridized carbons (Fsp3) is 0.607. The summed E-state index contributed by atoms with van der Waals surface area (Å²) in [6.45, 7) is 2.40. The van der Waals surface area contributed by atoms with Crippen molar-refractivity contribution in [3.8, 4) is 0 Å². The summed E-state index contributed by atoms with van der Waals surface area (Å²) in [5.74, 6) is 0.260. The molecule has 2 aliphatic heterocycles. The zero-order valence-corrected chi connectivity index (χ0v) is 21.3. The first kappa shape index (κ1) is 22.5. The average molecular weight is 496 g/mol. The molecule has 3 N–H and O–H groups in total. The van der Waals surface area contributed by atoms with Gasteiger partial charge in [-0.1, -0.05) is 25.1 Å². The number of aliphatic hydroxyl groups excluding tert-OH is 2. The molecule has 35 heavy (non-hydrogen) atoms. The number of aromatic amines is 1. The van der Waals surface area contributed by atoms with Crippen LogP contribution < -0.4 is 0 Å². The second kappa shape index (κ2) is 6.99. The molecule has 2 saturated carbocycles. The number of nitrogens with one attached hydrogen (secondary N) is 1. The van der Waals surface area contributed by atoms with E-state index in [1.165, 1.54) is 11.1 Å². The molecule has 2 spiro atoms. The van der Waals surface area contributed by atoms with Gasteiger partial charge in [0.15, 0.2) is 0 Å². The highest BCUT2D eigenvalue weighted by atomic mass is 35.5. The Balaban J connectivity index is 1.31. The van der Waals surface area contributed by atoms with Crippen LogP contribution in [-0.2, 0) is 4.74 Å². The third-order valence-corrected chi connectivity index (χ3v) is 11.0. The largest absolute Gasteiger partial charge is 0.388 e. The highest BCUT2D eigenvalue weighted by Crippen LogP contribution is 2.71. The van der Waals surface area contributed by atoms with Crippen LogP contribution in [0, 0.1) is 11.3 Å². The van der Waals surface area contributed by atoms with Gasteiger partial charge in [0.25, 0.3) is 0 Å². The van der Waals surface area contributed by atoms with Gasteiger partial charge in [-0.15, -0.1) is 11.6 Å². The van der Waals surface area contributed by atoms with E-state index in [-0.39, 0.29) is 17.4 Å². The molecule has 3 fully saturated rings. The maximum atomic E-state index is 11.2. The predicted molar refractivity (Wildman–Crippen MR) is 136 cm³/mol. The Bertz CT molecular complexity index is 1290. The average Bonchev–Trinajstić information content (AvgIpc) is 3.52. The SMILES string of the molecule is CN(C)[C@H]1C[C@@]23CC[C@]4(O2)C2CC=C(c5ccc6[nH]ncc6c5)[C@@]2(C)CCC4(Cl)C=C3[C@@H](O)[C@@H]1O. The van der Waals surface area contributed by atoms with E-state index in [4.69, 9.17) is 16.3 Å². The van der Waals surface area contributed by atoms with Crippen LogP contribution in [0.1, 0.15) is 51.0 Å². The maximum absolute atomic E-state index is 11.2. The maximum Gasteiger partial charge on any atom is 0.105 e. The number of benzene rings is 1. The number of hydrogen-bond acceptors (Lipinski definition) is 5. The van der Waals surface area contributed by atoms with Crippen LogP contribution in [0.4, 0.5) is 0 Å². The second-order valence-corrected chi connectivity index (χ2v) is 12.8. The molecular formula is C28H34ClN3O3. The van der Waals surface area contributed by atoms with Gasteiger partial charge in [0.1, 0.15) is 6.10 Å². The van der Waals surface area contributed by atoms with Crippen LogP contribution in [0.3, 0.4) is 0 Å². The number of rotatable bonds is 2. The number of aliphatic hydroxyl groups is 2. The number of H-pyrrole nitrogens is 1. The predicted octanol–water partition coefficient (Wildman–Crippen LogP) is 4.03. The van der Waals surface area contributed by atoms with E-state index in [2.05, 4.69) is 47.5 Å². The van der Waals surface area contributed by atoms with Gasteiger partial charge >= 0.3 is 0 Å². The number of aromatic nitrogens is 2. The molecule has 2 unspecified atom stereocenters. The smallest absolute Gasteiger partial charge is 0.105 e. The van der Waals surface area contributed by atoms with Crippen LogP contribution >= 0.6 is 11.6 Å². The third kappa shape index (κ3) is 2.67. The van der Waals surface area contributed by atoms with Crippen molar-refractivity contribution in [2.24, 2.45) is 11.3 Å². The minimum atomic E-state index is -0.949. The van der Waals surface area contributed by atoms with Gasteiger partial charge in [0.2, 0.25) is 0 Å². The lowest BCUT2D eigenvalue weighted by Crippen LogP contribution is -2.68. The first-order valence-corrected chi connectivity index (χ1v) is 13.3. The fourth-order valence-corrected chi connectivity index (χ4v) is 9.02. The van der Waals surface area contributed by atoms with Gasteiger partial charge in [0.05, 0.1) is 33.9 Å². The van der Waals surface area contributed by atoms with E-state index in [1.54, 1.807) is 0 Å². The summed E-state index contributed by atoms with van der Waals surface area (Å²) in [4.78, 5) is 1.35. The van der Waals surface area contributed by atoms with Crippen LogP contribution in [-0.4, -0.2) is 73.7 Å². The molecule has 3 aliphatic carbocycles. The first-order chi connectivity index (χ1) is 16.6. The molecule has 5 aliphatic rings. The highest BCUT2D eigenvalue weighted by Gasteiger charge is 2.73. The van der Waals surface area contributed by atoms with Crippen molar-refractivity contribution in [2.75, 3.05) is 14.1 Å². The van der Waals surface area contributed by atoms with Crippen molar-refractivity contribution in [3.63, 3.8) is 0 Å². The van der Waals surface area contributed by atoms with Crippen molar-refractivity contribution in [2.45, 2.75) is 79.8 Å². The Labute approximate surface area is 211 Å². The number of hydrogen-bond donors (Lipinski definition) is 3. The molecule has 3 heterocycles. The van der Waals surface area contributed by atoms with Crippen LogP contribution in [0.25, 0.3) is 16.5 Å². The summed E-state index contributed by atoms with van der Waals surface area (Å²) in [5.41, 5.74) is 3.43. The quantitative estimate of drug-likeness (QED) is 0.433. The summed E-state index contributed by atoms with van der Waals surface area (Å²) < 4.78 is 7.26. The van der Waals surface area contributed by atoms with E-state index in [9.17, 15) is 10.2 Å². The number of ether oxygens (including phenoxy) is 1. The molecule has 0 amide bonds. The summed E-state index contributed by atoms with van der Waals surface area (Å²) in [6, 6.07) is 6.41. The molecule has 7 rings (SSSR count). The molecule has 2 aromatic rings. The highest BCUT2D eigenvalue weighted by molar-refractivity contribution is 6.26. The fourth-order valence-electron chi connectivity index (χ4n) is 8.54. The van der Waals surface area contributed by atoms with E-state index in [0.717, 1.165) is 48.6 Å². The minimum absolute atomic E-state index is 0.0412. The molecule has 8 atom stereocenters. The van der Waals surface area contributed by atoms with Crippen molar-refractivity contribution in [3.05, 3.63) is 47.7 Å². The molecule has 6 nitrogen and oxygen atoms in total. The van der Waals surface area contributed by atoms with Crippen molar-refractivity contribution in [1.29, 1.82) is 0 Å². The summed E-state index contributed by atoms with van der Waals surface area (Å²) >= 11 is 7.53. The zero-order chi connectivity index (χ0) is 24.4. The minimum Gasteiger partial charge on any atom is -0.388 e. The monoisotopic (exact) mass is 495 g/mol. The molecule has 1 aromatic carbocycles. The number of allylic oxidation sites excluding steroid dienone is 2. The van der Waals surface area contributed by atoms with E-state index < -0.39 is 28.3 Å². The van der Waals surface area contributed by atoms with E-state index in [0.29, 0.717) is 6.42 Å². The third-order valence-electron chi connectivity index (χ3n) is 10.4. The molecule has 1 saturated heterocycles. The lowest BCUT2D eigenvalue weighted by Gasteiger charge is -2.61. The van der Waals surface area contributed by atoms with Crippen molar-refractivity contribution < 1.29 is 14.9 Å². The summed E-state index contributed by atoms with van der Waals surface area (Å²) in [6.07, 6.45) is 9.71. The van der Waals surface area contributed by atoms with Crippen molar-refractivity contribution >= 4 is 28.1 Å². The lowest BCUT2D eigenvalue weighted by atomic mass is 9.54. The lowest BCUT2D eigenvalue weighted by molar-refractivity contribution is -0.199. The topological polar surface area (TPSA) is 81.6 Å². The summed E-state index contributed by atoms with van der Waals surface area (Å²) in [5, 5.41) is 30.5. The number of alkyl halides is 1. The normalized spacial score (nSPS) is 46.3. The van der Waals surface area contributed by atoms with Gasteiger partial charge < -0.3 is 19.8 Å². The summed E-state index contributed by atoms with van der Waals surface area (Å²) in [7, 11) is 3.93. The molecule has 1 aromatic heterocycles.